The minimum absolute atomic E-state index is 0.244. The van der Waals surface area contributed by atoms with E-state index in [4.69, 9.17) is 16.3 Å². The highest BCUT2D eigenvalue weighted by Crippen LogP contribution is 2.30. The number of halogens is 2. The monoisotopic (exact) mass is 269 g/mol. The summed E-state index contributed by atoms with van der Waals surface area (Å²) in [7, 11) is 0. The van der Waals surface area contributed by atoms with Crippen molar-refractivity contribution in [1.29, 1.82) is 0 Å². The van der Waals surface area contributed by atoms with Crippen molar-refractivity contribution in [2.45, 2.75) is 25.8 Å². The van der Waals surface area contributed by atoms with Gasteiger partial charge in [0.2, 0.25) is 0 Å². The number of nitrogens with one attached hydrogen (secondary N) is 1. The van der Waals surface area contributed by atoms with Gasteiger partial charge in [-0.25, -0.2) is 4.39 Å². The molecule has 0 bridgehead atoms. The zero-order valence-electron chi connectivity index (χ0n) is 10.4. The molecule has 0 aromatic heterocycles. The third-order valence-electron chi connectivity index (χ3n) is 2.88. The van der Waals surface area contributed by atoms with Crippen molar-refractivity contribution < 1.29 is 9.13 Å². The van der Waals surface area contributed by atoms with Crippen LogP contribution in [0.5, 0.6) is 0 Å². The van der Waals surface area contributed by atoms with Crippen LogP contribution in [0.3, 0.4) is 0 Å². The summed E-state index contributed by atoms with van der Waals surface area (Å²) in [6.07, 6.45) is 3.86. The number of hydrogen-bond donors (Lipinski definition) is 1. The first-order valence-electron chi connectivity index (χ1n) is 6.23. The lowest BCUT2D eigenvalue weighted by Crippen LogP contribution is -2.25. The van der Waals surface area contributed by atoms with Crippen LogP contribution in [0.4, 0.5) is 4.39 Å². The Bertz CT molecular complexity index is 447. The fraction of sp³-hybridized carbons (Fsp3) is 0.429. The van der Waals surface area contributed by atoms with E-state index >= 15 is 0 Å². The van der Waals surface area contributed by atoms with Crippen molar-refractivity contribution in [2.24, 2.45) is 0 Å². The standard InChI is InChI=1S/C14H17ClFNO/c1-2-7-17-14(13-4-3-8-18-13)11-9-10(15)5-6-12(11)16/h4-6,9,14,17H,2-3,7-8H2,1H3. The molecule has 0 aliphatic carbocycles. The predicted octanol–water partition coefficient (Wildman–Crippen LogP) is 3.82. The second kappa shape index (κ2) is 6.21. The van der Waals surface area contributed by atoms with E-state index in [0.717, 1.165) is 25.1 Å². The maximum atomic E-state index is 13.9. The first-order valence-corrected chi connectivity index (χ1v) is 6.61. The first-order chi connectivity index (χ1) is 8.72. The molecule has 1 N–H and O–H groups in total. The molecule has 0 saturated carbocycles. The lowest BCUT2D eigenvalue weighted by Gasteiger charge is -2.20. The number of ether oxygens (including phenoxy) is 1. The zero-order valence-corrected chi connectivity index (χ0v) is 11.1. The summed E-state index contributed by atoms with van der Waals surface area (Å²) in [6, 6.07) is 4.37. The Morgan fingerprint density at radius 3 is 3.00 bits per heavy atom. The molecule has 0 spiro atoms. The first kappa shape index (κ1) is 13.4. The molecule has 98 valence electrons. The molecular weight excluding hydrogens is 253 g/mol. The SMILES string of the molecule is CCCNC(C1=CCCO1)c1cc(Cl)ccc1F. The highest BCUT2D eigenvalue weighted by atomic mass is 35.5. The second-order valence-electron chi connectivity index (χ2n) is 4.30. The maximum Gasteiger partial charge on any atom is 0.128 e. The molecule has 0 saturated heterocycles. The van der Waals surface area contributed by atoms with Gasteiger partial charge in [-0.3, -0.25) is 0 Å². The van der Waals surface area contributed by atoms with Crippen molar-refractivity contribution in [3.8, 4) is 0 Å². The van der Waals surface area contributed by atoms with Gasteiger partial charge in [-0.15, -0.1) is 0 Å². The zero-order chi connectivity index (χ0) is 13.0. The Kier molecular flexibility index (Phi) is 4.61. The Morgan fingerprint density at radius 2 is 2.33 bits per heavy atom. The van der Waals surface area contributed by atoms with Crippen LogP contribution in [-0.4, -0.2) is 13.2 Å². The number of hydrogen-bond acceptors (Lipinski definition) is 2. The third-order valence-corrected chi connectivity index (χ3v) is 3.12. The molecule has 2 nitrogen and oxygen atoms in total. The molecule has 2 rings (SSSR count). The Hall–Kier alpha value is -1.06. The van der Waals surface area contributed by atoms with Gasteiger partial charge < -0.3 is 10.1 Å². The molecule has 18 heavy (non-hydrogen) atoms. The van der Waals surface area contributed by atoms with E-state index in [1.54, 1.807) is 12.1 Å². The predicted molar refractivity (Wildman–Crippen MR) is 71.1 cm³/mol. The maximum absolute atomic E-state index is 13.9. The summed E-state index contributed by atoms with van der Waals surface area (Å²) in [5.74, 6) is 0.536. The molecule has 1 aliphatic rings. The van der Waals surface area contributed by atoms with E-state index in [0.29, 0.717) is 17.2 Å². The molecule has 1 atom stereocenters. The van der Waals surface area contributed by atoms with Crippen LogP contribution in [0.15, 0.2) is 30.0 Å². The molecule has 1 aliphatic heterocycles. The van der Waals surface area contributed by atoms with Gasteiger partial charge in [0.25, 0.3) is 0 Å². The van der Waals surface area contributed by atoms with Crippen molar-refractivity contribution in [3.63, 3.8) is 0 Å². The van der Waals surface area contributed by atoms with Gasteiger partial charge >= 0.3 is 0 Å². The summed E-state index contributed by atoms with van der Waals surface area (Å²) < 4.78 is 19.5. The largest absolute Gasteiger partial charge is 0.496 e. The molecule has 4 heteroatoms. The van der Waals surface area contributed by atoms with Crippen LogP contribution in [-0.2, 0) is 4.74 Å². The fourth-order valence-electron chi connectivity index (χ4n) is 2.03. The summed E-state index contributed by atoms with van der Waals surface area (Å²) in [5.41, 5.74) is 0.545. The molecule has 0 fully saturated rings. The molecule has 0 radical (unpaired) electrons. The minimum Gasteiger partial charge on any atom is -0.496 e. The van der Waals surface area contributed by atoms with Crippen LogP contribution >= 0.6 is 11.6 Å². The van der Waals surface area contributed by atoms with Crippen LogP contribution in [0, 0.1) is 5.82 Å². The molecule has 1 aromatic rings. The van der Waals surface area contributed by atoms with Gasteiger partial charge in [-0.2, -0.15) is 0 Å². The summed E-state index contributed by atoms with van der Waals surface area (Å²) in [5, 5.41) is 3.84. The lowest BCUT2D eigenvalue weighted by atomic mass is 10.0. The van der Waals surface area contributed by atoms with E-state index in [1.165, 1.54) is 6.07 Å². The van der Waals surface area contributed by atoms with Crippen LogP contribution in [0.25, 0.3) is 0 Å². The van der Waals surface area contributed by atoms with Crippen molar-refractivity contribution in [2.75, 3.05) is 13.2 Å². The lowest BCUT2D eigenvalue weighted by molar-refractivity contribution is 0.214. The minimum atomic E-state index is -0.260. The Morgan fingerprint density at radius 1 is 1.50 bits per heavy atom. The Labute approximate surface area is 112 Å². The second-order valence-corrected chi connectivity index (χ2v) is 4.73. The van der Waals surface area contributed by atoms with E-state index in [2.05, 4.69) is 12.2 Å². The highest BCUT2D eigenvalue weighted by Gasteiger charge is 2.23. The fourth-order valence-corrected chi connectivity index (χ4v) is 2.21. The number of benzene rings is 1. The Balaban J connectivity index is 2.29. The van der Waals surface area contributed by atoms with Crippen molar-refractivity contribution in [3.05, 3.63) is 46.4 Å². The van der Waals surface area contributed by atoms with E-state index in [1.807, 2.05) is 6.08 Å². The third kappa shape index (κ3) is 3.03. The van der Waals surface area contributed by atoms with E-state index in [-0.39, 0.29) is 11.9 Å². The van der Waals surface area contributed by atoms with Gasteiger partial charge in [0, 0.05) is 17.0 Å². The molecule has 1 aromatic carbocycles. The van der Waals surface area contributed by atoms with Gasteiger partial charge in [0.15, 0.2) is 0 Å². The van der Waals surface area contributed by atoms with Crippen molar-refractivity contribution >= 4 is 11.6 Å². The summed E-state index contributed by atoms with van der Waals surface area (Å²) in [4.78, 5) is 0. The number of rotatable bonds is 5. The normalized spacial score (nSPS) is 16.3. The van der Waals surface area contributed by atoms with Crippen LogP contribution in [0.2, 0.25) is 5.02 Å². The van der Waals surface area contributed by atoms with E-state index < -0.39 is 0 Å². The summed E-state index contributed by atoms with van der Waals surface area (Å²) in [6.45, 7) is 3.54. The van der Waals surface area contributed by atoms with Gasteiger partial charge in [-0.1, -0.05) is 18.5 Å². The van der Waals surface area contributed by atoms with Crippen LogP contribution < -0.4 is 5.32 Å². The average molecular weight is 270 g/mol. The topological polar surface area (TPSA) is 21.3 Å². The highest BCUT2D eigenvalue weighted by molar-refractivity contribution is 6.30. The summed E-state index contributed by atoms with van der Waals surface area (Å²) >= 11 is 5.95. The molecule has 0 amide bonds. The molecule has 1 unspecified atom stereocenters. The van der Waals surface area contributed by atoms with Crippen molar-refractivity contribution in [1.82, 2.24) is 5.32 Å². The molecule has 1 heterocycles. The molecular formula is C14H17ClFNO. The quantitative estimate of drug-likeness (QED) is 0.877. The van der Waals surface area contributed by atoms with Gasteiger partial charge in [0.1, 0.15) is 11.6 Å². The smallest absolute Gasteiger partial charge is 0.128 e. The van der Waals surface area contributed by atoms with Crippen LogP contribution in [0.1, 0.15) is 31.4 Å². The van der Waals surface area contributed by atoms with Gasteiger partial charge in [0.05, 0.1) is 12.6 Å². The van der Waals surface area contributed by atoms with E-state index in [9.17, 15) is 4.39 Å². The van der Waals surface area contributed by atoms with Gasteiger partial charge in [-0.05, 0) is 37.2 Å². The average Bonchev–Trinajstić information content (AvgIpc) is 2.88.